The number of aromatic nitrogens is 1. The quantitative estimate of drug-likeness (QED) is 0.529. The topological polar surface area (TPSA) is 120 Å². The van der Waals surface area contributed by atoms with E-state index in [2.05, 4.69) is 20.9 Å². The Labute approximate surface area is 163 Å². The molecule has 0 aliphatic heterocycles. The highest BCUT2D eigenvalue weighted by molar-refractivity contribution is 5.87. The first-order valence-corrected chi connectivity index (χ1v) is 8.95. The summed E-state index contributed by atoms with van der Waals surface area (Å²) in [5.41, 5.74) is 1.80. The number of pyridine rings is 1. The van der Waals surface area contributed by atoms with E-state index in [4.69, 9.17) is 5.11 Å². The van der Waals surface area contributed by atoms with Crippen molar-refractivity contribution in [2.45, 2.75) is 38.8 Å². The Morgan fingerprint density at radius 3 is 2.43 bits per heavy atom. The molecule has 0 aliphatic carbocycles. The summed E-state index contributed by atoms with van der Waals surface area (Å²) < 4.78 is 0. The van der Waals surface area contributed by atoms with Crippen molar-refractivity contribution in [3.05, 3.63) is 59.8 Å². The molecule has 2 aromatic rings. The van der Waals surface area contributed by atoms with Gasteiger partial charge in [0.2, 0.25) is 5.91 Å². The molecule has 8 heteroatoms. The van der Waals surface area contributed by atoms with Crippen LogP contribution in [0.5, 0.6) is 0 Å². The van der Waals surface area contributed by atoms with Gasteiger partial charge < -0.3 is 21.1 Å². The van der Waals surface area contributed by atoms with Crippen molar-refractivity contribution in [2.75, 3.05) is 5.32 Å². The van der Waals surface area contributed by atoms with Crippen molar-refractivity contribution < 1.29 is 19.5 Å². The van der Waals surface area contributed by atoms with Gasteiger partial charge >= 0.3 is 12.0 Å². The zero-order chi connectivity index (χ0) is 20.4. The average Bonchev–Trinajstić information content (AvgIpc) is 2.66. The van der Waals surface area contributed by atoms with Crippen LogP contribution in [0.25, 0.3) is 0 Å². The normalized spacial score (nSPS) is 11.3. The molecule has 148 valence electrons. The van der Waals surface area contributed by atoms with Gasteiger partial charge in [0.25, 0.3) is 0 Å². The molecule has 8 nitrogen and oxygen atoms in total. The zero-order valence-electron chi connectivity index (χ0n) is 15.6. The summed E-state index contributed by atoms with van der Waals surface area (Å²) in [5, 5.41) is 17.1. The Kier molecular flexibility index (Phi) is 7.95. The number of hydrogen-bond acceptors (Lipinski definition) is 4. The maximum atomic E-state index is 12.2. The summed E-state index contributed by atoms with van der Waals surface area (Å²) in [6.45, 7) is 1.66. The van der Waals surface area contributed by atoms with Crippen LogP contribution in [0.4, 0.5) is 10.6 Å². The number of carboxylic acids is 1. The fourth-order valence-corrected chi connectivity index (χ4v) is 2.62. The highest BCUT2D eigenvalue weighted by Gasteiger charge is 2.14. The van der Waals surface area contributed by atoms with Gasteiger partial charge in [-0.3, -0.25) is 9.59 Å². The highest BCUT2D eigenvalue weighted by atomic mass is 16.4. The molecule has 0 saturated carbocycles. The van der Waals surface area contributed by atoms with Crippen LogP contribution in [-0.2, 0) is 22.6 Å². The first-order chi connectivity index (χ1) is 13.4. The van der Waals surface area contributed by atoms with E-state index in [1.807, 2.05) is 30.3 Å². The Balaban J connectivity index is 1.87. The largest absolute Gasteiger partial charge is 0.481 e. The monoisotopic (exact) mass is 384 g/mol. The SMILES string of the molecule is CC(=O)Nc1ccc(CNC(=O)NC(CCC(=O)O)Cc2ccccc2)cn1. The third kappa shape index (κ3) is 7.86. The lowest BCUT2D eigenvalue weighted by molar-refractivity contribution is -0.137. The molecule has 1 unspecified atom stereocenters. The molecule has 0 aliphatic rings. The molecule has 2 rings (SSSR count). The molecular weight excluding hydrogens is 360 g/mol. The molecule has 0 fully saturated rings. The van der Waals surface area contributed by atoms with E-state index in [0.717, 1.165) is 11.1 Å². The average molecular weight is 384 g/mol. The van der Waals surface area contributed by atoms with Crippen molar-refractivity contribution in [3.63, 3.8) is 0 Å². The van der Waals surface area contributed by atoms with Gasteiger partial charge in [-0.15, -0.1) is 0 Å². The number of carbonyl (C=O) groups is 3. The smallest absolute Gasteiger partial charge is 0.315 e. The van der Waals surface area contributed by atoms with Crippen LogP contribution in [0.1, 0.15) is 30.9 Å². The van der Waals surface area contributed by atoms with Crippen molar-refractivity contribution in [2.24, 2.45) is 0 Å². The highest BCUT2D eigenvalue weighted by Crippen LogP contribution is 2.08. The maximum Gasteiger partial charge on any atom is 0.315 e. The lowest BCUT2D eigenvalue weighted by Gasteiger charge is -2.19. The van der Waals surface area contributed by atoms with Crippen LogP contribution < -0.4 is 16.0 Å². The third-order valence-corrected chi connectivity index (χ3v) is 3.95. The summed E-state index contributed by atoms with van der Waals surface area (Å²) in [6, 6.07) is 12.3. The molecule has 0 radical (unpaired) electrons. The van der Waals surface area contributed by atoms with Gasteiger partial charge in [-0.1, -0.05) is 36.4 Å². The Bertz CT molecular complexity index is 794. The number of carbonyl (C=O) groups excluding carboxylic acids is 2. The molecule has 0 spiro atoms. The number of rotatable bonds is 9. The minimum atomic E-state index is -0.898. The molecule has 1 heterocycles. The number of urea groups is 1. The lowest BCUT2D eigenvalue weighted by atomic mass is 10.0. The lowest BCUT2D eigenvalue weighted by Crippen LogP contribution is -2.43. The van der Waals surface area contributed by atoms with Gasteiger partial charge in [0.05, 0.1) is 0 Å². The summed E-state index contributed by atoms with van der Waals surface area (Å²) >= 11 is 0. The molecular formula is C20H24N4O4. The second kappa shape index (κ2) is 10.7. The van der Waals surface area contributed by atoms with Crippen LogP contribution in [0.2, 0.25) is 0 Å². The van der Waals surface area contributed by atoms with Crippen LogP contribution >= 0.6 is 0 Å². The van der Waals surface area contributed by atoms with E-state index in [0.29, 0.717) is 18.7 Å². The summed E-state index contributed by atoms with van der Waals surface area (Å²) in [7, 11) is 0. The first-order valence-electron chi connectivity index (χ1n) is 8.95. The van der Waals surface area contributed by atoms with E-state index in [1.165, 1.54) is 6.92 Å². The number of amides is 3. The molecule has 3 amide bonds. The van der Waals surface area contributed by atoms with Gasteiger partial charge in [-0.05, 0) is 30.0 Å². The molecule has 0 saturated heterocycles. The number of carboxylic acid groups (broad SMARTS) is 1. The standard InChI is InChI=1S/C20H24N4O4/c1-14(25)23-18-9-7-16(12-21-18)13-22-20(28)24-17(8-10-19(26)27)11-15-5-3-2-4-6-15/h2-7,9,12,17H,8,10-11,13H2,1H3,(H,26,27)(H,21,23,25)(H2,22,24,28). The molecule has 4 N–H and O–H groups in total. The van der Waals surface area contributed by atoms with Crippen molar-refractivity contribution in [1.82, 2.24) is 15.6 Å². The van der Waals surface area contributed by atoms with Crippen LogP contribution in [-0.4, -0.2) is 34.0 Å². The third-order valence-electron chi connectivity index (χ3n) is 3.95. The summed E-state index contributed by atoms with van der Waals surface area (Å²) in [4.78, 5) is 38.2. The molecule has 28 heavy (non-hydrogen) atoms. The molecule has 0 bridgehead atoms. The van der Waals surface area contributed by atoms with Gasteiger partial charge in [-0.25, -0.2) is 9.78 Å². The molecule has 1 aromatic heterocycles. The van der Waals surface area contributed by atoms with Crippen molar-refractivity contribution >= 4 is 23.7 Å². The molecule has 1 atom stereocenters. The van der Waals surface area contributed by atoms with E-state index < -0.39 is 5.97 Å². The zero-order valence-corrected chi connectivity index (χ0v) is 15.6. The number of aliphatic carboxylic acids is 1. The Morgan fingerprint density at radius 1 is 1.07 bits per heavy atom. The number of nitrogens with one attached hydrogen (secondary N) is 3. The van der Waals surface area contributed by atoms with Crippen LogP contribution in [0.15, 0.2) is 48.7 Å². The van der Waals surface area contributed by atoms with Crippen LogP contribution in [0, 0.1) is 0 Å². The van der Waals surface area contributed by atoms with E-state index in [1.54, 1.807) is 18.3 Å². The fourth-order valence-electron chi connectivity index (χ4n) is 2.62. The van der Waals surface area contributed by atoms with Gasteiger partial charge in [0.15, 0.2) is 0 Å². The number of benzene rings is 1. The van der Waals surface area contributed by atoms with E-state index in [9.17, 15) is 14.4 Å². The van der Waals surface area contributed by atoms with E-state index in [-0.39, 0.29) is 30.9 Å². The Morgan fingerprint density at radius 2 is 1.82 bits per heavy atom. The molecule has 1 aromatic carbocycles. The van der Waals surface area contributed by atoms with Gasteiger partial charge in [0.1, 0.15) is 5.82 Å². The number of hydrogen-bond donors (Lipinski definition) is 4. The van der Waals surface area contributed by atoms with Crippen molar-refractivity contribution in [3.8, 4) is 0 Å². The summed E-state index contributed by atoms with van der Waals surface area (Å²) in [5.74, 6) is -0.661. The fraction of sp³-hybridized carbons (Fsp3) is 0.300. The second-order valence-electron chi connectivity index (χ2n) is 6.38. The van der Waals surface area contributed by atoms with Gasteiger partial charge in [-0.2, -0.15) is 0 Å². The van der Waals surface area contributed by atoms with Crippen LogP contribution in [0.3, 0.4) is 0 Å². The number of anilines is 1. The Hall–Kier alpha value is -3.42. The van der Waals surface area contributed by atoms with Crippen molar-refractivity contribution in [1.29, 1.82) is 0 Å². The summed E-state index contributed by atoms with van der Waals surface area (Å²) in [6.07, 6.45) is 2.43. The number of nitrogens with zero attached hydrogens (tertiary/aromatic N) is 1. The minimum absolute atomic E-state index is 0.0215. The predicted octanol–water partition coefficient (Wildman–Crippen LogP) is 2.32. The maximum absolute atomic E-state index is 12.2. The first kappa shape index (κ1) is 20.9. The minimum Gasteiger partial charge on any atom is -0.481 e. The van der Waals surface area contributed by atoms with E-state index >= 15 is 0 Å². The predicted molar refractivity (Wildman–Crippen MR) is 105 cm³/mol. The van der Waals surface area contributed by atoms with Gasteiger partial charge in [0, 0.05) is 32.1 Å². The second-order valence-corrected chi connectivity index (χ2v) is 6.38.